The average Bonchev–Trinajstić information content (AvgIpc) is 3.36. The quantitative estimate of drug-likeness (QED) is 0.664. The lowest BCUT2D eigenvalue weighted by Gasteiger charge is -2.17. The molecular formula is C17H18F4N6O. The molecule has 0 bridgehead atoms. The van der Waals surface area contributed by atoms with E-state index in [-0.39, 0.29) is 19.0 Å². The van der Waals surface area contributed by atoms with Gasteiger partial charge in [-0.05, 0) is 6.07 Å². The number of alkyl halides is 4. The summed E-state index contributed by atoms with van der Waals surface area (Å²) in [6.45, 7) is -0.817. The second kappa shape index (κ2) is 6.95. The normalized spacial score (nSPS) is 20.4. The predicted octanol–water partition coefficient (Wildman–Crippen LogP) is 2.86. The summed E-state index contributed by atoms with van der Waals surface area (Å²) in [6.07, 6.45) is -0.461. The second-order valence-electron chi connectivity index (χ2n) is 6.87. The highest BCUT2D eigenvalue weighted by molar-refractivity contribution is 5.76. The van der Waals surface area contributed by atoms with E-state index in [0.717, 1.165) is 11.2 Å². The van der Waals surface area contributed by atoms with Crippen LogP contribution in [0.2, 0.25) is 0 Å². The van der Waals surface area contributed by atoms with Crippen molar-refractivity contribution in [1.29, 1.82) is 0 Å². The molecule has 4 heterocycles. The Morgan fingerprint density at radius 1 is 1.29 bits per heavy atom. The number of hydrogen-bond donors (Lipinski definition) is 2. The number of carbonyl (C=O) groups is 1. The number of carbonyl (C=O) groups excluding carboxylic acids is 1. The zero-order valence-corrected chi connectivity index (χ0v) is 14.7. The molecule has 7 nitrogen and oxygen atoms in total. The lowest BCUT2D eigenvalue weighted by Crippen LogP contribution is -2.40. The molecule has 150 valence electrons. The van der Waals surface area contributed by atoms with E-state index < -0.39 is 37.8 Å². The molecule has 1 aliphatic heterocycles. The van der Waals surface area contributed by atoms with Gasteiger partial charge in [-0.3, -0.25) is 8.79 Å². The van der Waals surface area contributed by atoms with Gasteiger partial charge in [-0.25, -0.2) is 14.8 Å². The molecule has 0 spiro atoms. The smallest absolute Gasteiger partial charge is 0.345 e. The van der Waals surface area contributed by atoms with Crippen molar-refractivity contribution in [2.75, 3.05) is 26.3 Å². The summed E-state index contributed by atoms with van der Waals surface area (Å²) in [7, 11) is 0. The van der Waals surface area contributed by atoms with Crippen LogP contribution in [0.15, 0.2) is 24.7 Å². The van der Waals surface area contributed by atoms with Gasteiger partial charge in [-0.15, -0.1) is 0 Å². The van der Waals surface area contributed by atoms with Crippen molar-refractivity contribution in [2.45, 2.75) is 18.5 Å². The van der Waals surface area contributed by atoms with Crippen molar-refractivity contribution in [1.82, 2.24) is 29.6 Å². The molecule has 3 aromatic rings. The molecule has 0 saturated carbocycles. The zero-order chi connectivity index (χ0) is 19.9. The molecule has 1 saturated heterocycles. The lowest BCUT2D eigenvalue weighted by molar-refractivity contribution is -0.133. The van der Waals surface area contributed by atoms with Crippen LogP contribution in [0, 0.1) is 5.92 Å². The van der Waals surface area contributed by atoms with E-state index in [9.17, 15) is 22.4 Å². The van der Waals surface area contributed by atoms with Gasteiger partial charge >= 0.3 is 12.2 Å². The molecule has 0 radical (unpaired) electrons. The van der Waals surface area contributed by atoms with Gasteiger partial charge in [0.1, 0.15) is 0 Å². The number of amides is 2. The van der Waals surface area contributed by atoms with Crippen LogP contribution >= 0.6 is 0 Å². The van der Waals surface area contributed by atoms with Crippen LogP contribution in [0.4, 0.5) is 22.4 Å². The number of H-pyrrole nitrogens is 1. The van der Waals surface area contributed by atoms with E-state index in [1.807, 2.05) is 10.5 Å². The Morgan fingerprint density at radius 2 is 2.11 bits per heavy atom. The number of hydrogen-bond acceptors (Lipinski definition) is 3. The molecule has 2 N–H and O–H groups in total. The van der Waals surface area contributed by atoms with Crippen molar-refractivity contribution >= 4 is 22.8 Å². The van der Waals surface area contributed by atoms with Gasteiger partial charge in [0.15, 0.2) is 11.3 Å². The topological polar surface area (TPSA) is 78.3 Å². The number of nitrogens with zero attached hydrogens (tertiary/aromatic N) is 4. The second-order valence-corrected chi connectivity index (χ2v) is 6.87. The number of halogens is 4. The van der Waals surface area contributed by atoms with Crippen LogP contribution in [0.3, 0.4) is 0 Å². The maximum atomic E-state index is 13.7. The molecule has 11 heteroatoms. The number of imidazole rings is 1. The minimum atomic E-state index is -4.34. The Hall–Kier alpha value is -2.85. The van der Waals surface area contributed by atoms with Gasteiger partial charge in [0, 0.05) is 49.6 Å². The third-order valence-electron chi connectivity index (χ3n) is 5.06. The van der Waals surface area contributed by atoms with Gasteiger partial charge in [-0.1, -0.05) is 0 Å². The first-order chi connectivity index (χ1) is 13.4. The first kappa shape index (κ1) is 18.5. The molecule has 2 amide bonds. The Kier molecular flexibility index (Phi) is 4.60. The van der Waals surface area contributed by atoms with Crippen molar-refractivity contribution in [3.63, 3.8) is 0 Å². The number of aromatic amines is 1. The average molecular weight is 398 g/mol. The maximum Gasteiger partial charge on any atom is 0.390 e. The highest BCUT2D eigenvalue weighted by Gasteiger charge is 2.38. The lowest BCUT2D eigenvalue weighted by atomic mass is 9.94. The van der Waals surface area contributed by atoms with Crippen molar-refractivity contribution in [3.05, 3.63) is 30.4 Å². The van der Waals surface area contributed by atoms with Gasteiger partial charge in [0.25, 0.3) is 0 Å². The summed E-state index contributed by atoms with van der Waals surface area (Å²) in [5.41, 5.74) is 2.79. The van der Waals surface area contributed by atoms with Crippen LogP contribution in [0.25, 0.3) is 16.8 Å². The third kappa shape index (κ3) is 3.36. The van der Waals surface area contributed by atoms with Gasteiger partial charge in [-0.2, -0.15) is 13.2 Å². The number of likely N-dealkylation sites (tertiary alicyclic amines) is 1. The van der Waals surface area contributed by atoms with Crippen molar-refractivity contribution in [3.8, 4) is 0 Å². The molecule has 2 atom stereocenters. The SMILES string of the molecule is O=C(NCCC(F)(F)F)N1C[C@@H](CF)[C@@H](c2cnc3cnc4[nH]ccc4n23)C1. The number of urea groups is 1. The molecule has 1 fully saturated rings. The maximum absolute atomic E-state index is 13.7. The van der Waals surface area contributed by atoms with Gasteiger partial charge in [0.05, 0.1) is 24.8 Å². The standard InChI is InChI=1S/C17H18F4N6O/c18-5-10-8-26(16(28)23-4-2-17(19,20)21)9-11(10)13-6-24-14-7-25-15-12(27(13)14)1-3-22-15/h1,3,6-7,10-11,22H,2,4-5,8-9H2,(H,23,28)/t10-,11+/m1/s1. The third-order valence-corrected chi connectivity index (χ3v) is 5.06. The summed E-state index contributed by atoms with van der Waals surface area (Å²) in [5.74, 6) is -0.788. The molecule has 1 aliphatic rings. The first-order valence-electron chi connectivity index (χ1n) is 8.82. The summed E-state index contributed by atoms with van der Waals surface area (Å²) >= 11 is 0. The van der Waals surface area contributed by atoms with Crippen molar-refractivity contribution < 1.29 is 22.4 Å². The molecule has 0 unspecified atom stereocenters. The number of fused-ring (bicyclic) bond motifs is 3. The number of nitrogens with one attached hydrogen (secondary N) is 2. The molecule has 0 aromatic carbocycles. The largest absolute Gasteiger partial charge is 0.390 e. The molecular weight excluding hydrogens is 380 g/mol. The number of rotatable bonds is 4. The zero-order valence-electron chi connectivity index (χ0n) is 14.7. The molecule has 4 rings (SSSR count). The van der Waals surface area contributed by atoms with Crippen LogP contribution in [0.5, 0.6) is 0 Å². The van der Waals surface area contributed by atoms with E-state index in [1.165, 1.54) is 4.90 Å². The summed E-state index contributed by atoms with van der Waals surface area (Å²) in [6, 6.07) is 1.22. The van der Waals surface area contributed by atoms with Gasteiger partial charge < -0.3 is 15.2 Å². The van der Waals surface area contributed by atoms with Crippen LogP contribution in [0.1, 0.15) is 18.0 Å². The summed E-state index contributed by atoms with van der Waals surface area (Å²) in [4.78, 5) is 25.2. The summed E-state index contributed by atoms with van der Waals surface area (Å²) < 4.78 is 52.4. The fourth-order valence-electron chi connectivity index (χ4n) is 3.71. The minimum Gasteiger partial charge on any atom is -0.345 e. The molecule has 0 aliphatic carbocycles. The fourth-order valence-corrected chi connectivity index (χ4v) is 3.71. The van der Waals surface area contributed by atoms with E-state index in [0.29, 0.717) is 11.3 Å². The van der Waals surface area contributed by atoms with Crippen LogP contribution in [-0.2, 0) is 0 Å². The fraction of sp³-hybridized carbons (Fsp3) is 0.471. The highest BCUT2D eigenvalue weighted by Crippen LogP contribution is 2.34. The van der Waals surface area contributed by atoms with E-state index in [2.05, 4.69) is 20.3 Å². The Morgan fingerprint density at radius 3 is 2.86 bits per heavy atom. The van der Waals surface area contributed by atoms with Gasteiger partial charge in [0.2, 0.25) is 0 Å². The first-order valence-corrected chi connectivity index (χ1v) is 8.82. The number of aromatic nitrogens is 4. The monoisotopic (exact) mass is 398 g/mol. The Labute approximate surface area is 156 Å². The minimum absolute atomic E-state index is 0.133. The summed E-state index contributed by atoms with van der Waals surface area (Å²) in [5, 5.41) is 2.26. The Balaban J connectivity index is 1.56. The van der Waals surface area contributed by atoms with Crippen LogP contribution in [-0.4, -0.2) is 62.8 Å². The van der Waals surface area contributed by atoms with E-state index >= 15 is 0 Å². The highest BCUT2D eigenvalue weighted by atomic mass is 19.4. The predicted molar refractivity (Wildman–Crippen MR) is 92.7 cm³/mol. The van der Waals surface area contributed by atoms with E-state index in [1.54, 1.807) is 18.6 Å². The molecule has 28 heavy (non-hydrogen) atoms. The van der Waals surface area contributed by atoms with Crippen LogP contribution < -0.4 is 5.32 Å². The molecule has 3 aromatic heterocycles. The van der Waals surface area contributed by atoms with E-state index in [4.69, 9.17) is 0 Å². The van der Waals surface area contributed by atoms with Crippen molar-refractivity contribution in [2.24, 2.45) is 5.92 Å². The Bertz CT molecular complexity index is 997.